The second-order valence-electron chi connectivity index (χ2n) is 7.51. The normalized spacial score (nSPS) is 12.9. The Labute approximate surface area is 185 Å². The Morgan fingerprint density at radius 1 is 1.09 bits per heavy atom. The predicted molar refractivity (Wildman–Crippen MR) is 112 cm³/mol. The minimum atomic E-state index is -4.35. The lowest BCUT2D eigenvalue weighted by atomic mass is 10.0. The van der Waals surface area contributed by atoms with Crippen LogP contribution in [0.15, 0.2) is 53.4 Å². The van der Waals surface area contributed by atoms with Gasteiger partial charge in [0.2, 0.25) is 10.0 Å². The Kier molecular flexibility index (Phi) is 7.94. The Bertz CT molecular complexity index is 1050. The molecular formula is C21H25FN2O7S. The lowest BCUT2D eigenvalue weighted by Crippen LogP contribution is -2.58. The summed E-state index contributed by atoms with van der Waals surface area (Å²) in [6.07, 6.45) is 0.128. The van der Waals surface area contributed by atoms with Crippen molar-refractivity contribution in [2.75, 3.05) is 6.54 Å². The summed E-state index contributed by atoms with van der Waals surface area (Å²) in [6.45, 7) is 3.63. The maximum atomic E-state index is 13.4. The van der Waals surface area contributed by atoms with E-state index in [1.807, 2.05) is 0 Å². The SMILES string of the molecule is CCC(CN(C(C)(C)C(=O)NO)S(=O)(=O)c1ccc(Oc2ccc(F)cc2)cc1)C(=O)O. The van der Waals surface area contributed by atoms with E-state index >= 15 is 0 Å². The lowest BCUT2D eigenvalue weighted by molar-refractivity contribution is -0.144. The highest BCUT2D eigenvalue weighted by Gasteiger charge is 2.44. The van der Waals surface area contributed by atoms with Crippen molar-refractivity contribution in [1.29, 1.82) is 0 Å². The molecule has 0 saturated heterocycles. The number of halogens is 1. The quantitative estimate of drug-likeness (QED) is 0.361. The highest BCUT2D eigenvalue weighted by molar-refractivity contribution is 7.89. The Hall–Kier alpha value is -3.02. The first-order valence-electron chi connectivity index (χ1n) is 9.67. The van der Waals surface area contributed by atoms with Gasteiger partial charge in [-0.1, -0.05) is 6.92 Å². The number of nitrogens with zero attached hydrogens (tertiary/aromatic N) is 1. The molecule has 0 heterocycles. The number of nitrogens with one attached hydrogen (secondary N) is 1. The van der Waals surface area contributed by atoms with Gasteiger partial charge in [0, 0.05) is 6.54 Å². The third-order valence-electron chi connectivity index (χ3n) is 4.97. The summed E-state index contributed by atoms with van der Waals surface area (Å²) in [5.41, 5.74) is -0.361. The minimum absolute atomic E-state index is 0.128. The van der Waals surface area contributed by atoms with Crippen LogP contribution in [0.2, 0.25) is 0 Å². The molecule has 2 aromatic carbocycles. The number of carbonyl (C=O) groups excluding carboxylic acids is 1. The highest BCUT2D eigenvalue weighted by atomic mass is 32.2. The molecule has 0 aromatic heterocycles. The smallest absolute Gasteiger partial charge is 0.307 e. The number of carbonyl (C=O) groups is 2. The molecule has 0 aliphatic rings. The zero-order valence-electron chi connectivity index (χ0n) is 17.8. The van der Waals surface area contributed by atoms with Crippen molar-refractivity contribution in [3.8, 4) is 11.5 Å². The molecule has 0 aliphatic heterocycles. The standard InChI is InChI=1S/C21H25FN2O7S/c1-4-14(19(25)26)13-24(21(2,3)20(27)23-28)32(29,30)18-11-9-17(10-12-18)31-16-7-5-15(22)6-8-16/h5-12,14,28H,4,13H2,1-3H3,(H,23,27)(H,25,26). The van der Waals surface area contributed by atoms with E-state index in [1.165, 1.54) is 67.9 Å². The zero-order chi connectivity index (χ0) is 24.1. The summed E-state index contributed by atoms with van der Waals surface area (Å²) < 4.78 is 46.1. The van der Waals surface area contributed by atoms with Gasteiger partial charge < -0.3 is 9.84 Å². The van der Waals surface area contributed by atoms with Crippen molar-refractivity contribution in [3.05, 3.63) is 54.3 Å². The second kappa shape index (κ2) is 10.1. The predicted octanol–water partition coefficient (Wildman–Crippen LogP) is 3.00. The van der Waals surface area contributed by atoms with Crippen molar-refractivity contribution in [2.24, 2.45) is 5.92 Å². The van der Waals surface area contributed by atoms with Crippen LogP contribution in [0.3, 0.4) is 0 Å². The molecule has 2 rings (SSSR count). The molecule has 9 nitrogen and oxygen atoms in total. The lowest BCUT2D eigenvalue weighted by Gasteiger charge is -2.36. The van der Waals surface area contributed by atoms with Gasteiger partial charge in [-0.3, -0.25) is 14.8 Å². The largest absolute Gasteiger partial charge is 0.481 e. The maximum Gasteiger partial charge on any atom is 0.307 e. The number of carboxylic acid groups (broad SMARTS) is 1. The van der Waals surface area contributed by atoms with E-state index in [0.717, 1.165) is 4.31 Å². The summed E-state index contributed by atoms with van der Waals surface area (Å²) in [4.78, 5) is 23.5. The van der Waals surface area contributed by atoms with Gasteiger partial charge in [-0.2, -0.15) is 4.31 Å². The summed E-state index contributed by atoms with van der Waals surface area (Å²) in [7, 11) is -4.35. The van der Waals surface area contributed by atoms with Gasteiger partial charge in [0.15, 0.2) is 0 Å². The van der Waals surface area contributed by atoms with Gasteiger partial charge in [-0.05, 0) is 68.8 Å². The van der Waals surface area contributed by atoms with Crippen LogP contribution in [0, 0.1) is 11.7 Å². The Balaban J connectivity index is 2.40. The Morgan fingerprint density at radius 3 is 2.03 bits per heavy atom. The molecule has 1 unspecified atom stereocenters. The minimum Gasteiger partial charge on any atom is -0.481 e. The molecule has 0 saturated carbocycles. The topological polar surface area (TPSA) is 133 Å². The maximum absolute atomic E-state index is 13.4. The van der Waals surface area contributed by atoms with Gasteiger partial charge in [0.25, 0.3) is 5.91 Å². The van der Waals surface area contributed by atoms with Crippen LogP contribution in [0.25, 0.3) is 0 Å². The molecule has 1 amide bonds. The first-order chi connectivity index (χ1) is 14.9. The van der Waals surface area contributed by atoms with Crippen molar-refractivity contribution < 1.29 is 37.4 Å². The van der Waals surface area contributed by atoms with Crippen molar-refractivity contribution >= 4 is 21.9 Å². The van der Waals surface area contributed by atoms with E-state index < -0.39 is 45.7 Å². The number of benzene rings is 2. The fourth-order valence-corrected chi connectivity index (χ4v) is 4.70. The molecule has 0 fully saturated rings. The summed E-state index contributed by atoms with van der Waals surface area (Å²) in [5, 5.41) is 18.5. The zero-order valence-corrected chi connectivity index (χ0v) is 18.6. The summed E-state index contributed by atoms with van der Waals surface area (Å²) in [6, 6.07) is 10.5. The van der Waals surface area contributed by atoms with E-state index in [1.54, 1.807) is 6.92 Å². The number of aliphatic carboxylic acids is 1. The second-order valence-corrected chi connectivity index (χ2v) is 9.37. The van der Waals surface area contributed by atoms with E-state index in [-0.39, 0.29) is 17.1 Å². The molecule has 0 aliphatic carbocycles. The summed E-state index contributed by atoms with van der Waals surface area (Å²) in [5.74, 6) is -3.10. The molecule has 2 aromatic rings. The number of hydrogen-bond donors (Lipinski definition) is 3. The number of rotatable bonds is 10. The van der Waals surface area contributed by atoms with Crippen LogP contribution in [-0.2, 0) is 19.6 Å². The molecular weight excluding hydrogens is 443 g/mol. The van der Waals surface area contributed by atoms with Crippen LogP contribution in [0.1, 0.15) is 27.2 Å². The van der Waals surface area contributed by atoms with Gasteiger partial charge in [-0.15, -0.1) is 0 Å². The molecule has 0 radical (unpaired) electrons. The molecule has 0 spiro atoms. The van der Waals surface area contributed by atoms with Gasteiger partial charge in [-0.25, -0.2) is 18.3 Å². The van der Waals surface area contributed by atoms with Crippen LogP contribution < -0.4 is 10.2 Å². The summed E-state index contributed by atoms with van der Waals surface area (Å²) >= 11 is 0. The number of sulfonamides is 1. The van der Waals surface area contributed by atoms with Crippen molar-refractivity contribution in [3.63, 3.8) is 0 Å². The van der Waals surface area contributed by atoms with Gasteiger partial charge in [0.05, 0.1) is 10.8 Å². The van der Waals surface area contributed by atoms with E-state index in [0.29, 0.717) is 5.75 Å². The average Bonchev–Trinajstić information content (AvgIpc) is 2.75. The fraction of sp³-hybridized carbons (Fsp3) is 0.333. The third kappa shape index (κ3) is 5.61. The average molecular weight is 469 g/mol. The van der Waals surface area contributed by atoms with Crippen LogP contribution in [0.5, 0.6) is 11.5 Å². The fourth-order valence-electron chi connectivity index (χ4n) is 2.90. The van der Waals surface area contributed by atoms with Gasteiger partial charge in [0.1, 0.15) is 22.9 Å². The Morgan fingerprint density at radius 2 is 1.59 bits per heavy atom. The molecule has 1 atom stereocenters. The number of hydrogen-bond acceptors (Lipinski definition) is 6. The molecule has 11 heteroatoms. The van der Waals surface area contributed by atoms with E-state index in [9.17, 15) is 27.5 Å². The van der Waals surface area contributed by atoms with E-state index in [2.05, 4.69) is 0 Å². The van der Waals surface area contributed by atoms with Crippen molar-refractivity contribution in [1.82, 2.24) is 9.79 Å². The van der Waals surface area contributed by atoms with Gasteiger partial charge >= 0.3 is 5.97 Å². The molecule has 32 heavy (non-hydrogen) atoms. The molecule has 0 bridgehead atoms. The molecule has 3 N–H and O–H groups in total. The highest BCUT2D eigenvalue weighted by Crippen LogP contribution is 2.29. The number of amides is 1. The van der Waals surface area contributed by atoms with Crippen LogP contribution in [-0.4, -0.2) is 47.0 Å². The first kappa shape index (κ1) is 25.2. The van der Waals surface area contributed by atoms with Crippen molar-refractivity contribution in [2.45, 2.75) is 37.6 Å². The van der Waals surface area contributed by atoms with Crippen LogP contribution in [0.4, 0.5) is 4.39 Å². The molecule has 174 valence electrons. The first-order valence-corrected chi connectivity index (χ1v) is 11.1. The number of carboxylic acids is 1. The third-order valence-corrected chi connectivity index (χ3v) is 7.02. The number of ether oxygens (including phenoxy) is 1. The van der Waals surface area contributed by atoms with Crippen LogP contribution >= 0.6 is 0 Å². The monoisotopic (exact) mass is 468 g/mol. The number of hydroxylamine groups is 1. The van der Waals surface area contributed by atoms with E-state index in [4.69, 9.17) is 9.94 Å².